The van der Waals surface area contributed by atoms with Gasteiger partial charge in [0.25, 0.3) is 0 Å². The van der Waals surface area contributed by atoms with Crippen LogP contribution < -0.4 is 0 Å². The standard InChI is InChI=1S/C8H8BrN3OS/c1-12-6(5(9)4-11-12)7(13)8-10-2-3-14-8/h2-4,7,13H,1H3. The van der Waals surface area contributed by atoms with E-state index >= 15 is 0 Å². The second kappa shape index (κ2) is 3.80. The van der Waals surface area contributed by atoms with E-state index in [-0.39, 0.29) is 0 Å². The van der Waals surface area contributed by atoms with Gasteiger partial charge in [0.05, 0.1) is 16.4 Å². The van der Waals surface area contributed by atoms with Crippen LogP contribution in [-0.2, 0) is 7.05 Å². The van der Waals surface area contributed by atoms with Crippen LogP contribution in [0.15, 0.2) is 22.2 Å². The number of aliphatic hydroxyl groups excluding tert-OH is 1. The summed E-state index contributed by atoms with van der Waals surface area (Å²) in [4.78, 5) is 4.06. The quantitative estimate of drug-likeness (QED) is 0.907. The fourth-order valence-electron chi connectivity index (χ4n) is 1.21. The number of halogens is 1. The van der Waals surface area contributed by atoms with Crippen LogP contribution in [0, 0.1) is 0 Å². The van der Waals surface area contributed by atoms with Crippen molar-refractivity contribution >= 4 is 27.3 Å². The van der Waals surface area contributed by atoms with Crippen LogP contribution >= 0.6 is 27.3 Å². The summed E-state index contributed by atoms with van der Waals surface area (Å²) in [7, 11) is 1.79. The van der Waals surface area contributed by atoms with Gasteiger partial charge in [-0.25, -0.2) is 4.98 Å². The van der Waals surface area contributed by atoms with Crippen molar-refractivity contribution in [3.05, 3.63) is 32.9 Å². The maximum absolute atomic E-state index is 9.99. The molecule has 0 aliphatic carbocycles. The fourth-order valence-corrected chi connectivity index (χ4v) is 2.40. The number of hydrogen-bond donors (Lipinski definition) is 1. The summed E-state index contributed by atoms with van der Waals surface area (Å²) in [6.45, 7) is 0. The molecule has 2 rings (SSSR count). The van der Waals surface area contributed by atoms with Crippen molar-refractivity contribution in [2.24, 2.45) is 7.05 Å². The van der Waals surface area contributed by atoms with Gasteiger partial charge < -0.3 is 5.11 Å². The highest BCUT2D eigenvalue weighted by molar-refractivity contribution is 9.10. The van der Waals surface area contributed by atoms with Crippen molar-refractivity contribution in [2.45, 2.75) is 6.10 Å². The fraction of sp³-hybridized carbons (Fsp3) is 0.250. The average Bonchev–Trinajstić information content (AvgIpc) is 2.75. The topological polar surface area (TPSA) is 50.9 Å². The van der Waals surface area contributed by atoms with Crippen LogP contribution in [0.2, 0.25) is 0 Å². The number of rotatable bonds is 2. The van der Waals surface area contributed by atoms with Crippen molar-refractivity contribution in [1.82, 2.24) is 14.8 Å². The van der Waals surface area contributed by atoms with E-state index in [4.69, 9.17) is 0 Å². The minimum absolute atomic E-state index is 0.675. The Morgan fingerprint density at radius 3 is 2.93 bits per heavy atom. The van der Waals surface area contributed by atoms with Crippen molar-refractivity contribution in [3.63, 3.8) is 0 Å². The lowest BCUT2D eigenvalue weighted by Crippen LogP contribution is -2.06. The highest BCUT2D eigenvalue weighted by Crippen LogP contribution is 2.28. The summed E-state index contributed by atoms with van der Waals surface area (Å²) in [6, 6.07) is 0. The summed E-state index contributed by atoms with van der Waals surface area (Å²) in [5.41, 5.74) is 0.722. The second-order valence-electron chi connectivity index (χ2n) is 2.77. The average molecular weight is 274 g/mol. The van der Waals surface area contributed by atoms with Crippen molar-refractivity contribution in [1.29, 1.82) is 0 Å². The molecule has 0 aliphatic heterocycles. The number of nitrogens with zero attached hydrogens (tertiary/aromatic N) is 3. The van der Waals surface area contributed by atoms with E-state index in [0.717, 1.165) is 10.2 Å². The van der Waals surface area contributed by atoms with E-state index in [0.29, 0.717) is 5.01 Å². The predicted molar refractivity (Wildman–Crippen MR) is 57.1 cm³/mol. The predicted octanol–water partition coefficient (Wildman–Crippen LogP) is 1.72. The van der Waals surface area contributed by atoms with Crippen LogP contribution in [0.5, 0.6) is 0 Å². The maximum Gasteiger partial charge on any atom is 0.148 e. The number of thiazole rings is 1. The Labute approximate surface area is 93.3 Å². The molecule has 14 heavy (non-hydrogen) atoms. The monoisotopic (exact) mass is 273 g/mol. The third kappa shape index (κ3) is 1.60. The molecular weight excluding hydrogens is 266 g/mol. The summed E-state index contributed by atoms with van der Waals surface area (Å²) >= 11 is 4.76. The molecule has 1 atom stereocenters. The molecule has 0 fully saturated rings. The zero-order valence-corrected chi connectivity index (χ0v) is 9.79. The number of aliphatic hydroxyl groups is 1. The van der Waals surface area contributed by atoms with Gasteiger partial charge in [-0.05, 0) is 15.9 Å². The SMILES string of the molecule is Cn1ncc(Br)c1C(O)c1nccs1. The molecule has 0 radical (unpaired) electrons. The first-order chi connectivity index (χ1) is 6.70. The minimum Gasteiger partial charge on any atom is -0.379 e. The lowest BCUT2D eigenvalue weighted by molar-refractivity contribution is 0.208. The van der Waals surface area contributed by atoms with Gasteiger partial charge in [0.2, 0.25) is 0 Å². The number of aryl methyl sites for hydroxylation is 1. The molecule has 0 amide bonds. The van der Waals surface area contributed by atoms with E-state index in [9.17, 15) is 5.11 Å². The molecule has 0 saturated heterocycles. The highest BCUT2D eigenvalue weighted by atomic mass is 79.9. The number of hydrogen-bond acceptors (Lipinski definition) is 4. The van der Waals surface area contributed by atoms with Gasteiger partial charge in [-0.15, -0.1) is 11.3 Å². The lowest BCUT2D eigenvalue weighted by Gasteiger charge is -2.08. The molecule has 4 nitrogen and oxygen atoms in total. The largest absolute Gasteiger partial charge is 0.379 e. The third-order valence-electron chi connectivity index (χ3n) is 1.88. The summed E-state index contributed by atoms with van der Waals surface area (Å²) < 4.78 is 2.43. The minimum atomic E-state index is -0.711. The maximum atomic E-state index is 9.99. The van der Waals surface area contributed by atoms with Gasteiger partial charge >= 0.3 is 0 Å². The highest BCUT2D eigenvalue weighted by Gasteiger charge is 2.19. The Hall–Kier alpha value is -0.720. The van der Waals surface area contributed by atoms with Crippen LogP contribution in [0.1, 0.15) is 16.8 Å². The normalized spacial score (nSPS) is 13.1. The molecule has 1 N–H and O–H groups in total. The Balaban J connectivity index is 2.41. The molecule has 0 spiro atoms. The van der Waals surface area contributed by atoms with E-state index in [1.807, 2.05) is 5.38 Å². The molecule has 1 unspecified atom stereocenters. The smallest absolute Gasteiger partial charge is 0.148 e. The van der Waals surface area contributed by atoms with Crippen molar-refractivity contribution < 1.29 is 5.11 Å². The van der Waals surface area contributed by atoms with Crippen molar-refractivity contribution in [3.8, 4) is 0 Å². The second-order valence-corrected chi connectivity index (χ2v) is 4.55. The summed E-state index contributed by atoms with van der Waals surface area (Å²) in [5.74, 6) is 0. The Kier molecular flexibility index (Phi) is 2.66. The van der Waals surface area contributed by atoms with Crippen LogP contribution in [0.4, 0.5) is 0 Å². The molecule has 2 aromatic rings. The van der Waals surface area contributed by atoms with E-state index in [2.05, 4.69) is 26.0 Å². The van der Waals surface area contributed by atoms with Gasteiger partial charge in [-0.3, -0.25) is 4.68 Å². The molecule has 0 saturated carbocycles. The molecular formula is C8H8BrN3OS. The van der Waals surface area contributed by atoms with Gasteiger partial charge in [0.1, 0.15) is 11.1 Å². The Morgan fingerprint density at radius 1 is 1.64 bits per heavy atom. The Bertz CT molecular complexity index is 406. The van der Waals surface area contributed by atoms with E-state index in [1.165, 1.54) is 11.3 Å². The molecule has 0 aliphatic rings. The zero-order valence-electron chi connectivity index (χ0n) is 7.38. The van der Waals surface area contributed by atoms with Crippen LogP contribution in [-0.4, -0.2) is 19.9 Å². The van der Waals surface area contributed by atoms with Crippen LogP contribution in [0.25, 0.3) is 0 Å². The zero-order chi connectivity index (χ0) is 10.1. The van der Waals surface area contributed by atoms with Crippen LogP contribution in [0.3, 0.4) is 0 Å². The van der Waals surface area contributed by atoms with Gasteiger partial charge in [-0.2, -0.15) is 5.10 Å². The van der Waals surface area contributed by atoms with E-state index < -0.39 is 6.10 Å². The third-order valence-corrected chi connectivity index (χ3v) is 3.32. The lowest BCUT2D eigenvalue weighted by atomic mass is 10.2. The first-order valence-corrected chi connectivity index (χ1v) is 5.62. The van der Waals surface area contributed by atoms with Crippen molar-refractivity contribution in [2.75, 3.05) is 0 Å². The summed E-state index contributed by atoms with van der Waals surface area (Å²) in [6.07, 6.45) is 2.62. The molecule has 2 aromatic heterocycles. The summed E-state index contributed by atoms with van der Waals surface area (Å²) in [5, 5.41) is 16.5. The molecule has 0 aromatic carbocycles. The number of aromatic nitrogens is 3. The first kappa shape index (κ1) is 9.82. The molecule has 2 heterocycles. The molecule has 0 bridgehead atoms. The van der Waals surface area contributed by atoms with Gasteiger partial charge in [0.15, 0.2) is 0 Å². The molecule has 74 valence electrons. The van der Waals surface area contributed by atoms with E-state index in [1.54, 1.807) is 24.1 Å². The van der Waals surface area contributed by atoms with Gasteiger partial charge in [-0.1, -0.05) is 0 Å². The Morgan fingerprint density at radius 2 is 2.43 bits per heavy atom. The molecule has 6 heteroatoms. The first-order valence-electron chi connectivity index (χ1n) is 3.95. The van der Waals surface area contributed by atoms with Gasteiger partial charge in [0, 0.05) is 18.6 Å².